The number of aryl methyl sites for hydroxylation is 1. The van der Waals surface area contributed by atoms with Crippen molar-refractivity contribution in [1.29, 1.82) is 0 Å². The van der Waals surface area contributed by atoms with Crippen molar-refractivity contribution in [2.45, 2.75) is 25.0 Å². The van der Waals surface area contributed by atoms with Crippen molar-refractivity contribution in [3.63, 3.8) is 0 Å². The summed E-state index contributed by atoms with van der Waals surface area (Å²) in [4.78, 5) is 12.4. The van der Waals surface area contributed by atoms with E-state index in [1.54, 1.807) is 17.1 Å². The summed E-state index contributed by atoms with van der Waals surface area (Å²) < 4.78 is 7.59. The summed E-state index contributed by atoms with van der Waals surface area (Å²) in [5.74, 6) is 0.000475. The molecule has 4 rings (SSSR count). The summed E-state index contributed by atoms with van der Waals surface area (Å²) in [6.45, 7) is 0.641. The van der Waals surface area contributed by atoms with Gasteiger partial charge < -0.3 is 10.1 Å². The van der Waals surface area contributed by atoms with Crippen LogP contribution >= 0.6 is 0 Å². The first kappa shape index (κ1) is 14.9. The van der Waals surface area contributed by atoms with Crippen LogP contribution in [-0.4, -0.2) is 38.5 Å². The third-order valence-corrected chi connectivity index (χ3v) is 4.46. The van der Waals surface area contributed by atoms with Crippen LogP contribution in [0.25, 0.3) is 10.9 Å². The summed E-state index contributed by atoms with van der Waals surface area (Å²) in [7, 11) is 1.88. The molecule has 24 heavy (non-hydrogen) atoms. The molecule has 1 fully saturated rings. The molecule has 0 aliphatic carbocycles. The Morgan fingerprint density at radius 3 is 3.21 bits per heavy atom. The van der Waals surface area contributed by atoms with Crippen LogP contribution in [0, 0.1) is 0 Å². The second-order valence-electron chi connectivity index (χ2n) is 6.10. The number of carbonyl (C=O) groups is 1. The average molecular weight is 325 g/mol. The van der Waals surface area contributed by atoms with Gasteiger partial charge in [0.05, 0.1) is 29.9 Å². The molecule has 0 unspecified atom stereocenters. The molecule has 1 saturated heterocycles. The molecule has 2 aromatic heterocycles. The molecule has 0 saturated carbocycles. The maximum atomic E-state index is 12.4. The molecule has 0 bridgehead atoms. The van der Waals surface area contributed by atoms with Crippen LogP contribution in [0.3, 0.4) is 0 Å². The van der Waals surface area contributed by atoms with Crippen molar-refractivity contribution in [3.8, 4) is 0 Å². The highest BCUT2D eigenvalue weighted by molar-refractivity contribution is 5.83. The Morgan fingerprint density at radius 1 is 1.46 bits per heavy atom. The van der Waals surface area contributed by atoms with Crippen molar-refractivity contribution >= 4 is 16.8 Å². The van der Waals surface area contributed by atoms with Gasteiger partial charge in [0, 0.05) is 25.2 Å². The standard InChI is InChI=1S/C17H19N5O2/c1-22-15(4-6-19-22)17-14(5-7-24-17)20-16(23)9-11-2-3-13-12(8-11)10-18-21-13/h2-4,6,8,10,14,17H,5,7,9H2,1H3,(H,18,21)(H,20,23)/t14-,17-/m0/s1. The number of rotatable bonds is 4. The van der Waals surface area contributed by atoms with Gasteiger partial charge in [0.25, 0.3) is 0 Å². The van der Waals surface area contributed by atoms with Gasteiger partial charge in [-0.25, -0.2) is 0 Å². The number of benzene rings is 1. The fourth-order valence-electron chi connectivity index (χ4n) is 3.24. The molecule has 1 aliphatic rings. The van der Waals surface area contributed by atoms with Gasteiger partial charge in [-0.05, 0) is 30.2 Å². The van der Waals surface area contributed by atoms with Crippen LogP contribution in [0.5, 0.6) is 0 Å². The number of nitrogens with zero attached hydrogens (tertiary/aromatic N) is 3. The fourth-order valence-corrected chi connectivity index (χ4v) is 3.24. The molecule has 1 aromatic carbocycles. The zero-order valence-electron chi connectivity index (χ0n) is 13.4. The van der Waals surface area contributed by atoms with Gasteiger partial charge in [0.2, 0.25) is 5.91 Å². The molecule has 7 heteroatoms. The number of aromatic nitrogens is 4. The van der Waals surface area contributed by atoms with E-state index in [-0.39, 0.29) is 18.1 Å². The van der Waals surface area contributed by atoms with Crippen LogP contribution in [0.15, 0.2) is 36.7 Å². The Hall–Kier alpha value is -2.67. The van der Waals surface area contributed by atoms with Crippen LogP contribution in [0.1, 0.15) is 23.8 Å². The lowest BCUT2D eigenvalue weighted by Gasteiger charge is -2.20. The highest BCUT2D eigenvalue weighted by Gasteiger charge is 2.32. The van der Waals surface area contributed by atoms with E-state index >= 15 is 0 Å². The first-order chi connectivity index (χ1) is 11.7. The summed E-state index contributed by atoms with van der Waals surface area (Å²) in [6.07, 6.45) is 4.52. The van der Waals surface area contributed by atoms with Gasteiger partial charge in [-0.1, -0.05) is 6.07 Å². The number of hydrogen-bond donors (Lipinski definition) is 2. The maximum absolute atomic E-state index is 12.4. The minimum atomic E-state index is -0.141. The quantitative estimate of drug-likeness (QED) is 0.761. The SMILES string of the molecule is Cn1nccc1[C@H]1OCC[C@@H]1NC(=O)Cc1ccc2[nH]ncc2c1. The third-order valence-electron chi connectivity index (χ3n) is 4.46. The predicted molar refractivity (Wildman–Crippen MR) is 88.2 cm³/mol. The summed E-state index contributed by atoms with van der Waals surface area (Å²) in [5.41, 5.74) is 2.93. The van der Waals surface area contributed by atoms with Crippen molar-refractivity contribution in [2.24, 2.45) is 7.05 Å². The Labute approximate surface area is 139 Å². The number of hydrogen-bond acceptors (Lipinski definition) is 4. The zero-order valence-corrected chi connectivity index (χ0v) is 13.4. The molecule has 7 nitrogen and oxygen atoms in total. The lowest BCUT2D eigenvalue weighted by atomic mass is 10.1. The van der Waals surface area contributed by atoms with E-state index in [4.69, 9.17) is 4.74 Å². The Balaban J connectivity index is 1.44. The average Bonchev–Trinajstić information content (AvgIpc) is 3.27. The van der Waals surface area contributed by atoms with E-state index in [9.17, 15) is 4.79 Å². The predicted octanol–water partition coefficient (Wildman–Crippen LogP) is 1.49. The van der Waals surface area contributed by atoms with E-state index in [1.165, 1.54) is 0 Å². The molecule has 124 valence electrons. The number of nitrogens with one attached hydrogen (secondary N) is 2. The third kappa shape index (κ3) is 2.78. The number of carbonyl (C=O) groups excluding carboxylic acids is 1. The van der Waals surface area contributed by atoms with Crippen LogP contribution < -0.4 is 5.32 Å². The van der Waals surface area contributed by atoms with Crippen molar-refractivity contribution < 1.29 is 9.53 Å². The number of ether oxygens (including phenoxy) is 1. The van der Waals surface area contributed by atoms with Gasteiger partial charge >= 0.3 is 0 Å². The Morgan fingerprint density at radius 2 is 2.38 bits per heavy atom. The van der Waals surface area contributed by atoms with E-state index in [0.29, 0.717) is 13.0 Å². The molecular weight excluding hydrogens is 306 g/mol. The van der Waals surface area contributed by atoms with Gasteiger partial charge in [0.1, 0.15) is 6.10 Å². The monoisotopic (exact) mass is 325 g/mol. The first-order valence-electron chi connectivity index (χ1n) is 8.01. The second kappa shape index (κ2) is 6.09. The number of H-pyrrole nitrogens is 1. The minimum absolute atomic E-state index is 0.000475. The number of aromatic amines is 1. The van der Waals surface area contributed by atoms with Gasteiger partial charge in [-0.15, -0.1) is 0 Å². The molecule has 0 radical (unpaired) electrons. The van der Waals surface area contributed by atoms with Crippen molar-refractivity contribution in [2.75, 3.05) is 6.61 Å². The summed E-state index contributed by atoms with van der Waals surface area (Å²) >= 11 is 0. The molecule has 3 heterocycles. The smallest absolute Gasteiger partial charge is 0.224 e. The van der Waals surface area contributed by atoms with Gasteiger partial charge in [0.15, 0.2) is 0 Å². The Bertz CT molecular complexity index is 869. The molecule has 3 aromatic rings. The first-order valence-corrected chi connectivity index (χ1v) is 8.01. The molecule has 2 N–H and O–H groups in total. The second-order valence-corrected chi connectivity index (χ2v) is 6.10. The maximum Gasteiger partial charge on any atom is 0.224 e. The minimum Gasteiger partial charge on any atom is -0.370 e. The highest BCUT2D eigenvalue weighted by atomic mass is 16.5. The van der Waals surface area contributed by atoms with Crippen LogP contribution in [-0.2, 0) is 23.0 Å². The summed E-state index contributed by atoms with van der Waals surface area (Å²) in [5, 5.41) is 15.2. The lowest BCUT2D eigenvalue weighted by Crippen LogP contribution is -2.38. The van der Waals surface area contributed by atoms with E-state index in [0.717, 1.165) is 28.6 Å². The normalized spacial score (nSPS) is 20.5. The van der Waals surface area contributed by atoms with Crippen molar-refractivity contribution in [1.82, 2.24) is 25.3 Å². The van der Waals surface area contributed by atoms with Crippen molar-refractivity contribution in [3.05, 3.63) is 47.9 Å². The highest BCUT2D eigenvalue weighted by Crippen LogP contribution is 2.28. The van der Waals surface area contributed by atoms with Crippen LogP contribution in [0.4, 0.5) is 0 Å². The molecule has 1 aliphatic heterocycles. The number of fused-ring (bicyclic) bond motifs is 1. The van der Waals surface area contributed by atoms with Gasteiger partial charge in [-0.3, -0.25) is 14.6 Å². The van der Waals surface area contributed by atoms with E-state index in [2.05, 4.69) is 20.6 Å². The molecule has 1 amide bonds. The zero-order chi connectivity index (χ0) is 16.5. The topological polar surface area (TPSA) is 84.8 Å². The molecule has 2 atom stereocenters. The molecule has 0 spiro atoms. The number of amides is 1. The molecular formula is C17H19N5O2. The van der Waals surface area contributed by atoms with E-state index < -0.39 is 0 Å². The lowest BCUT2D eigenvalue weighted by molar-refractivity contribution is -0.121. The summed E-state index contributed by atoms with van der Waals surface area (Å²) in [6, 6.07) is 7.79. The van der Waals surface area contributed by atoms with Crippen LogP contribution in [0.2, 0.25) is 0 Å². The largest absolute Gasteiger partial charge is 0.370 e. The fraction of sp³-hybridized carbons (Fsp3) is 0.353. The van der Waals surface area contributed by atoms with E-state index in [1.807, 2.05) is 31.3 Å². The van der Waals surface area contributed by atoms with Gasteiger partial charge in [-0.2, -0.15) is 10.2 Å². The Kier molecular flexibility index (Phi) is 3.78.